The van der Waals surface area contributed by atoms with Crippen LogP contribution in [0.4, 0.5) is 5.82 Å². The number of aliphatic carboxylic acids is 1. The molecule has 8 nitrogen and oxygen atoms in total. The number of hydrogen-bond acceptors (Lipinski definition) is 5. The van der Waals surface area contributed by atoms with E-state index in [9.17, 15) is 19.2 Å². The Balaban J connectivity index is 1.78. The van der Waals surface area contributed by atoms with Gasteiger partial charge in [-0.1, -0.05) is 36.4 Å². The number of hydrogen-bond donors (Lipinski definition) is 3. The monoisotopic (exact) mass is 389 g/mol. The summed E-state index contributed by atoms with van der Waals surface area (Å²) in [6.45, 7) is 0. The van der Waals surface area contributed by atoms with Crippen molar-refractivity contribution in [2.24, 2.45) is 0 Å². The van der Waals surface area contributed by atoms with Crippen molar-refractivity contribution in [1.29, 1.82) is 0 Å². The van der Waals surface area contributed by atoms with E-state index in [-0.39, 0.29) is 23.4 Å². The third-order valence-electron chi connectivity index (χ3n) is 4.70. The van der Waals surface area contributed by atoms with Crippen molar-refractivity contribution in [3.05, 3.63) is 81.6 Å². The van der Waals surface area contributed by atoms with Crippen molar-refractivity contribution in [2.75, 3.05) is 5.73 Å². The number of carbonyl (C=O) groups is 3. The van der Waals surface area contributed by atoms with Crippen LogP contribution in [0.25, 0.3) is 16.8 Å². The molecule has 0 atom stereocenters. The topological polar surface area (TPSA) is 131 Å². The largest absolute Gasteiger partial charge is 0.481 e. The van der Waals surface area contributed by atoms with Gasteiger partial charge in [0.05, 0.1) is 23.2 Å². The predicted molar refractivity (Wildman–Crippen MR) is 105 cm³/mol. The van der Waals surface area contributed by atoms with E-state index >= 15 is 0 Å². The number of rotatable bonds is 4. The Morgan fingerprint density at radius 1 is 0.966 bits per heavy atom. The van der Waals surface area contributed by atoms with E-state index in [1.165, 1.54) is 4.57 Å². The van der Waals surface area contributed by atoms with Crippen LogP contribution < -0.4 is 16.6 Å². The van der Waals surface area contributed by atoms with Gasteiger partial charge in [0.15, 0.2) is 0 Å². The second-order valence-corrected chi connectivity index (χ2v) is 6.59. The van der Waals surface area contributed by atoms with Crippen LogP contribution in [-0.2, 0) is 11.2 Å². The third-order valence-corrected chi connectivity index (χ3v) is 4.70. The highest BCUT2D eigenvalue weighted by Gasteiger charge is 2.31. The predicted octanol–water partition coefficient (Wildman–Crippen LogP) is 1.60. The first-order valence-corrected chi connectivity index (χ1v) is 8.68. The quantitative estimate of drug-likeness (QED) is 0.581. The van der Waals surface area contributed by atoms with E-state index in [0.717, 1.165) is 17.2 Å². The fraction of sp³-hybridized carbons (Fsp3) is 0.0476. The standard InChI is InChI=1S/C21H15N3O5/c22-19-18-15(20(28)23-21(18)29)10-16(25)24(19)14-3-1-2-13(9-14)12-6-4-11(5-7-12)8-17(26)27/h1-7,9-10H,8,22H2,(H,26,27)(H,23,28,29). The number of nitrogens with two attached hydrogens (primary N) is 1. The lowest BCUT2D eigenvalue weighted by Gasteiger charge is -2.13. The van der Waals surface area contributed by atoms with Crippen LogP contribution in [0.2, 0.25) is 0 Å². The van der Waals surface area contributed by atoms with Crippen LogP contribution in [0, 0.1) is 0 Å². The summed E-state index contributed by atoms with van der Waals surface area (Å²) in [6, 6.07) is 15.1. The summed E-state index contributed by atoms with van der Waals surface area (Å²) in [6.07, 6.45) is -0.0673. The van der Waals surface area contributed by atoms with Crippen molar-refractivity contribution >= 4 is 23.6 Å². The van der Waals surface area contributed by atoms with Crippen molar-refractivity contribution in [2.45, 2.75) is 6.42 Å². The van der Waals surface area contributed by atoms with Gasteiger partial charge in [-0.15, -0.1) is 0 Å². The lowest BCUT2D eigenvalue weighted by atomic mass is 10.0. The molecule has 0 aliphatic carbocycles. The minimum atomic E-state index is -0.909. The smallest absolute Gasteiger partial charge is 0.307 e. The molecule has 1 aliphatic rings. The Bertz CT molecular complexity index is 1240. The lowest BCUT2D eigenvalue weighted by Crippen LogP contribution is -2.24. The molecule has 4 rings (SSSR count). The summed E-state index contributed by atoms with van der Waals surface area (Å²) in [5.41, 5.74) is 8.21. The molecule has 0 spiro atoms. The van der Waals surface area contributed by atoms with E-state index in [1.54, 1.807) is 42.5 Å². The average molecular weight is 389 g/mol. The zero-order valence-corrected chi connectivity index (χ0v) is 15.0. The normalized spacial score (nSPS) is 12.6. The van der Waals surface area contributed by atoms with E-state index in [2.05, 4.69) is 5.32 Å². The van der Waals surface area contributed by atoms with E-state index in [1.807, 2.05) is 6.07 Å². The molecule has 0 bridgehead atoms. The summed E-state index contributed by atoms with van der Waals surface area (Å²) in [5.74, 6) is -2.30. The van der Waals surface area contributed by atoms with Crippen LogP contribution >= 0.6 is 0 Å². The molecule has 1 aliphatic heterocycles. The average Bonchev–Trinajstić information content (AvgIpc) is 2.96. The highest BCUT2D eigenvalue weighted by atomic mass is 16.4. The van der Waals surface area contributed by atoms with Gasteiger partial charge in [-0.3, -0.25) is 29.1 Å². The molecule has 2 heterocycles. The molecule has 1 aromatic heterocycles. The van der Waals surface area contributed by atoms with E-state index in [4.69, 9.17) is 10.8 Å². The number of amides is 2. The summed E-state index contributed by atoms with van der Waals surface area (Å²) in [5, 5.41) is 11.0. The Labute approximate surface area is 164 Å². The molecule has 2 amide bonds. The van der Waals surface area contributed by atoms with E-state index < -0.39 is 23.3 Å². The zero-order chi connectivity index (χ0) is 20.7. The van der Waals surface area contributed by atoms with Crippen LogP contribution in [-0.4, -0.2) is 27.5 Å². The summed E-state index contributed by atoms with van der Waals surface area (Å²) < 4.78 is 1.18. The number of aromatic nitrogens is 1. The first-order valence-electron chi connectivity index (χ1n) is 8.68. The SMILES string of the molecule is Nc1c2c(cc(=O)n1-c1cccc(-c3ccc(CC(=O)O)cc3)c1)C(=O)NC2=O. The maximum Gasteiger partial charge on any atom is 0.307 e. The maximum absolute atomic E-state index is 12.6. The molecule has 4 N–H and O–H groups in total. The second-order valence-electron chi connectivity index (χ2n) is 6.59. The first-order chi connectivity index (χ1) is 13.8. The highest BCUT2D eigenvalue weighted by Crippen LogP contribution is 2.26. The number of nitrogens with zero attached hydrogens (tertiary/aromatic N) is 1. The summed E-state index contributed by atoms with van der Waals surface area (Å²) in [7, 11) is 0. The van der Waals surface area contributed by atoms with Gasteiger partial charge in [-0.25, -0.2) is 0 Å². The molecule has 0 saturated heterocycles. The van der Waals surface area contributed by atoms with Crippen molar-refractivity contribution in [1.82, 2.24) is 9.88 Å². The van der Waals surface area contributed by atoms with Gasteiger partial charge in [-0.05, 0) is 28.8 Å². The Morgan fingerprint density at radius 3 is 2.38 bits per heavy atom. The maximum atomic E-state index is 12.6. The molecule has 0 radical (unpaired) electrons. The van der Waals surface area contributed by atoms with Crippen molar-refractivity contribution in [3.8, 4) is 16.8 Å². The number of nitrogens with one attached hydrogen (secondary N) is 1. The number of carbonyl (C=O) groups excluding carboxylic acids is 2. The Kier molecular flexibility index (Phi) is 4.23. The fourth-order valence-corrected chi connectivity index (χ4v) is 3.36. The minimum Gasteiger partial charge on any atom is -0.481 e. The summed E-state index contributed by atoms with van der Waals surface area (Å²) >= 11 is 0. The van der Waals surface area contributed by atoms with Crippen LogP contribution in [0.5, 0.6) is 0 Å². The molecule has 0 fully saturated rings. The second kappa shape index (κ2) is 6.75. The van der Waals surface area contributed by atoms with Crippen LogP contribution in [0.1, 0.15) is 26.3 Å². The molecular formula is C21H15N3O5. The van der Waals surface area contributed by atoms with Gasteiger partial charge >= 0.3 is 5.97 Å². The molecule has 8 heteroatoms. The number of anilines is 1. The van der Waals surface area contributed by atoms with Gasteiger partial charge in [-0.2, -0.15) is 0 Å². The van der Waals surface area contributed by atoms with E-state index in [0.29, 0.717) is 11.3 Å². The van der Waals surface area contributed by atoms with Gasteiger partial charge < -0.3 is 10.8 Å². The number of carboxylic acids is 1. The Morgan fingerprint density at radius 2 is 1.69 bits per heavy atom. The van der Waals surface area contributed by atoms with Gasteiger partial charge in [0.2, 0.25) is 0 Å². The number of benzene rings is 2. The first kappa shape index (κ1) is 18.2. The molecule has 144 valence electrons. The zero-order valence-electron chi connectivity index (χ0n) is 15.0. The minimum absolute atomic E-state index is 0.0157. The van der Waals surface area contributed by atoms with Crippen LogP contribution in [0.3, 0.4) is 0 Å². The third kappa shape index (κ3) is 3.16. The molecule has 0 saturated carbocycles. The van der Waals surface area contributed by atoms with Gasteiger partial charge in [0, 0.05) is 6.07 Å². The van der Waals surface area contributed by atoms with Crippen LogP contribution in [0.15, 0.2) is 59.4 Å². The molecule has 0 unspecified atom stereocenters. The molecule has 3 aromatic rings. The van der Waals surface area contributed by atoms with Crippen molar-refractivity contribution in [3.63, 3.8) is 0 Å². The number of nitrogen functional groups attached to an aromatic ring is 1. The molecule has 29 heavy (non-hydrogen) atoms. The Hall–Kier alpha value is -4.20. The summed E-state index contributed by atoms with van der Waals surface area (Å²) in [4.78, 5) is 47.2. The lowest BCUT2D eigenvalue weighted by molar-refractivity contribution is -0.136. The number of imide groups is 1. The fourth-order valence-electron chi connectivity index (χ4n) is 3.36. The molecular weight excluding hydrogens is 374 g/mol. The number of fused-ring (bicyclic) bond motifs is 1. The number of pyridine rings is 1. The van der Waals surface area contributed by atoms with Crippen molar-refractivity contribution < 1.29 is 19.5 Å². The number of carboxylic acid groups (broad SMARTS) is 1. The molecule has 2 aromatic carbocycles. The highest BCUT2D eigenvalue weighted by molar-refractivity contribution is 6.23. The van der Waals surface area contributed by atoms with Gasteiger partial charge in [0.25, 0.3) is 17.4 Å². The van der Waals surface area contributed by atoms with Gasteiger partial charge in [0.1, 0.15) is 5.82 Å².